The van der Waals surface area contributed by atoms with Crippen LogP contribution in [-0.4, -0.2) is 39.5 Å². The SMILES string of the molecule is CCOC(=O)C(N1CCCC1=O)n1c(=O)[nH]cc(C)c1=O. The molecular formula is C13H17N3O5. The van der Waals surface area contributed by atoms with E-state index in [0.717, 1.165) is 4.57 Å². The number of ether oxygens (including phenoxy) is 1. The molecule has 2 rings (SSSR count). The molecule has 8 nitrogen and oxygen atoms in total. The lowest BCUT2D eigenvalue weighted by atomic mass is 10.3. The number of nitrogens with one attached hydrogen (secondary N) is 1. The summed E-state index contributed by atoms with van der Waals surface area (Å²) in [6.45, 7) is 3.53. The average Bonchev–Trinajstić information content (AvgIpc) is 2.85. The van der Waals surface area contributed by atoms with Crippen LogP contribution < -0.4 is 11.2 Å². The zero-order valence-electron chi connectivity index (χ0n) is 11.9. The summed E-state index contributed by atoms with van der Waals surface area (Å²) >= 11 is 0. The molecule has 1 aliphatic heterocycles. The predicted octanol–water partition coefficient (Wildman–Crippen LogP) is -0.471. The Morgan fingerprint density at radius 2 is 2.14 bits per heavy atom. The first-order valence-electron chi connectivity index (χ1n) is 6.74. The molecule has 1 amide bonds. The van der Waals surface area contributed by atoms with Crippen LogP contribution in [0.25, 0.3) is 0 Å². The second-order valence-electron chi connectivity index (χ2n) is 4.77. The van der Waals surface area contributed by atoms with Gasteiger partial charge in [-0.1, -0.05) is 0 Å². The molecular weight excluding hydrogens is 278 g/mol. The summed E-state index contributed by atoms with van der Waals surface area (Å²) in [5.41, 5.74) is -1.09. The van der Waals surface area contributed by atoms with Crippen molar-refractivity contribution < 1.29 is 14.3 Å². The molecule has 1 aliphatic rings. The summed E-state index contributed by atoms with van der Waals surface area (Å²) in [5, 5.41) is 0. The van der Waals surface area contributed by atoms with E-state index in [9.17, 15) is 19.2 Å². The largest absolute Gasteiger partial charge is 0.463 e. The fraction of sp³-hybridized carbons (Fsp3) is 0.538. The van der Waals surface area contributed by atoms with Crippen molar-refractivity contribution in [2.24, 2.45) is 0 Å². The lowest BCUT2D eigenvalue weighted by molar-refractivity contribution is -0.158. The number of H-pyrrole nitrogens is 1. The highest BCUT2D eigenvalue weighted by atomic mass is 16.5. The highest BCUT2D eigenvalue weighted by Gasteiger charge is 2.37. The Hall–Kier alpha value is -2.38. The Morgan fingerprint density at radius 1 is 1.43 bits per heavy atom. The second-order valence-corrected chi connectivity index (χ2v) is 4.77. The molecule has 114 valence electrons. The number of carbonyl (C=O) groups excluding carboxylic acids is 2. The zero-order chi connectivity index (χ0) is 15.6. The van der Waals surface area contributed by atoms with Gasteiger partial charge >= 0.3 is 11.7 Å². The summed E-state index contributed by atoms with van der Waals surface area (Å²) in [4.78, 5) is 51.8. The highest BCUT2D eigenvalue weighted by molar-refractivity contribution is 5.84. The smallest absolute Gasteiger partial charge is 0.350 e. The number of hydrogen-bond donors (Lipinski definition) is 1. The van der Waals surface area contributed by atoms with Crippen molar-refractivity contribution in [3.63, 3.8) is 0 Å². The number of carbonyl (C=O) groups is 2. The van der Waals surface area contributed by atoms with Crippen LogP contribution in [0.5, 0.6) is 0 Å². The van der Waals surface area contributed by atoms with Crippen LogP contribution in [0.1, 0.15) is 31.5 Å². The third-order valence-corrected chi connectivity index (χ3v) is 3.33. The Morgan fingerprint density at radius 3 is 2.71 bits per heavy atom. The predicted molar refractivity (Wildman–Crippen MR) is 72.7 cm³/mol. The quantitative estimate of drug-likeness (QED) is 0.757. The first kappa shape index (κ1) is 15.0. The van der Waals surface area contributed by atoms with Gasteiger partial charge in [0, 0.05) is 24.7 Å². The lowest BCUT2D eigenvalue weighted by Gasteiger charge is -2.26. The molecule has 1 N–H and O–H groups in total. The normalized spacial score (nSPS) is 16.1. The number of aromatic amines is 1. The van der Waals surface area contributed by atoms with Gasteiger partial charge in [-0.05, 0) is 20.3 Å². The standard InChI is InChI=1S/C13H17N3O5/c1-3-21-12(19)10(15-6-4-5-9(15)17)16-11(18)8(2)7-14-13(16)20/h7,10H,3-6H2,1-2H3,(H,14,20). The third kappa shape index (κ3) is 2.74. The van der Waals surface area contributed by atoms with Crippen molar-refractivity contribution in [1.29, 1.82) is 0 Å². The summed E-state index contributed by atoms with van der Waals surface area (Å²) in [5.74, 6) is -1.06. The Balaban J connectivity index is 2.58. The van der Waals surface area contributed by atoms with Crippen molar-refractivity contribution >= 4 is 11.9 Å². The number of esters is 1. The molecule has 1 aromatic heterocycles. The number of amides is 1. The topological polar surface area (TPSA) is 101 Å². The van der Waals surface area contributed by atoms with E-state index in [1.165, 1.54) is 18.0 Å². The Kier molecular flexibility index (Phi) is 4.25. The van der Waals surface area contributed by atoms with E-state index in [4.69, 9.17) is 4.74 Å². The van der Waals surface area contributed by atoms with Crippen molar-refractivity contribution in [1.82, 2.24) is 14.5 Å². The van der Waals surface area contributed by atoms with Crippen LogP contribution in [0.15, 0.2) is 15.8 Å². The number of aryl methyl sites for hydroxylation is 1. The molecule has 8 heteroatoms. The van der Waals surface area contributed by atoms with E-state index < -0.39 is 23.4 Å². The van der Waals surface area contributed by atoms with Crippen LogP contribution in [0.4, 0.5) is 0 Å². The van der Waals surface area contributed by atoms with Crippen LogP contribution in [-0.2, 0) is 14.3 Å². The minimum absolute atomic E-state index is 0.0931. The lowest BCUT2D eigenvalue weighted by Crippen LogP contribution is -2.50. The van der Waals surface area contributed by atoms with Gasteiger partial charge in [0.15, 0.2) is 0 Å². The number of nitrogens with zero attached hydrogens (tertiary/aromatic N) is 2. The van der Waals surface area contributed by atoms with Gasteiger partial charge in [0.05, 0.1) is 6.61 Å². The molecule has 0 spiro atoms. The van der Waals surface area contributed by atoms with Gasteiger partial charge in [-0.2, -0.15) is 0 Å². The summed E-state index contributed by atoms with van der Waals surface area (Å²) in [6.07, 6.45) is 0.785. The second kappa shape index (κ2) is 5.94. The Bertz CT molecular complexity index is 675. The molecule has 1 unspecified atom stereocenters. The minimum atomic E-state index is -1.35. The molecule has 0 aliphatic carbocycles. The Labute approximate surface area is 120 Å². The maximum Gasteiger partial charge on any atom is 0.350 e. The number of likely N-dealkylation sites (tertiary alicyclic amines) is 1. The van der Waals surface area contributed by atoms with E-state index in [-0.39, 0.29) is 24.5 Å². The van der Waals surface area contributed by atoms with E-state index >= 15 is 0 Å². The summed E-state index contributed by atoms with van der Waals surface area (Å²) in [6, 6.07) is 0. The van der Waals surface area contributed by atoms with Gasteiger partial charge in [0.2, 0.25) is 12.1 Å². The van der Waals surface area contributed by atoms with Gasteiger partial charge in [-0.3, -0.25) is 9.59 Å². The molecule has 1 atom stereocenters. The van der Waals surface area contributed by atoms with Crippen molar-refractivity contribution in [2.45, 2.75) is 32.9 Å². The van der Waals surface area contributed by atoms with Gasteiger partial charge in [0.25, 0.3) is 5.56 Å². The molecule has 21 heavy (non-hydrogen) atoms. The minimum Gasteiger partial charge on any atom is -0.463 e. The monoisotopic (exact) mass is 295 g/mol. The number of hydrogen-bond acceptors (Lipinski definition) is 5. The van der Waals surface area contributed by atoms with Crippen molar-refractivity contribution in [2.75, 3.05) is 13.2 Å². The fourth-order valence-electron chi connectivity index (χ4n) is 2.32. The van der Waals surface area contributed by atoms with Crippen LogP contribution in [0.2, 0.25) is 0 Å². The van der Waals surface area contributed by atoms with Gasteiger partial charge in [0.1, 0.15) is 0 Å². The van der Waals surface area contributed by atoms with E-state index in [1.54, 1.807) is 6.92 Å². The molecule has 0 saturated carbocycles. The summed E-state index contributed by atoms with van der Waals surface area (Å²) in [7, 11) is 0. The first-order chi connectivity index (χ1) is 9.97. The van der Waals surface area contributed by atoms with Gasteiger partial charge < -0.3 is 14.6 Å². The van der Waals surface area contributed by atoms with Crippen LogP contribution in [0.3, 0.4) is 0 Å². The van der Waals surface area contributed by atoms with Crippen LogP contribution >= 0.6 is 0 Å². The van der Waals surface area contributed by atoms with E-state index in [2.05, 4.69) is 4.98 Å². The molecule has 1 saturated heterocycles. The molecule has 0 radical (unpaired) electrons. The van der Waals surface area contributed by atoms with Crippen molar-refractivity contribution in [3.05, 3.63) is 32.6 Å². The summed E-state index contributed by atoms with van der Waals surface area (Å²) < 4.78 is 5.67. The first-order valence-corrected chi connectivity index (χ1v) is 6.74. The maximum absolute atomic E-state index is 12.2. The molecule has 2 heterocycles. The van der Waals surface area contributed by atoms with E-state index in [1.807, 2.05) is 0 Å². The fourth-order valence-corrected chi connectivity index (χ4v) is 2.32. The van der Waals surface area contributed by atoms with Crippen molar-refractivity contribution in [3.8, 4) is 0 Å². The average molecular weight is 295 g/mol. The number of aromatic nitrogens is 2. The zero-order valence-corrected chi connectivity index (χ0v) is 11.9. The van der Waals surface area contributed by atoms with Gasteiger partial charge in [-0.15, -0.1) is 0 Å². The molecule has 0 aromatic carbocycles. The molecule has 0 bridgehead atoms. The number of rotatable bonds is 4. The highest BCUT2D eigenvalue weighted by Crippen LogP contribution is 2.20. The third-order valence-electron chi connectivity index (χ3n) is 3.33. The molecule has 1 aromatic rings. The van der Waals surface area contributed by atoms with Gasteiger partial charge in [-0.25, -0.2) is 14.2 Å². The van der Waals surface area contributed by atoms with Crippen LogP contribution in [0, 0.1) is 6.92 Å². The maximum atomic E-state index is 12.2. The molecule has 1 fully saturated rings. The van der Waals surface area contributed by atoms with E-state index in [0.29, 0.717) is 13.0 Å².